The third-order valence-electron chi connectivity index (χ3n) is 1.97. The lowest BCUT2D eigenvalue weighted by molar-refractivity contribution is 0.418. The monoisotopic (exact) mass is 193 g/mol. The van der Waals surface area contributed by atoms with Crippen molar-refractivity contribution in [1.29, 1.82) is 0 Å². The average molecular weight is 193 g/mol. The van der Waals surface area contributed by atoms with E-state index in [1.807, 2.05) is 0 Å². The van der Waals surface area contributed by atoms with E-state index in [1.54, 1.807) is 0 Å². The SMILES string of the molecule is COc1ccc(F)c2ncc(O)cc12. The molecule has 3 nitrogen and oxygen atoms in total. The predicted octanol–water partition coefficient (Wildman–Crippen LogP) is 2.09. The minimum absolute atomic E-state index is 0.0126. The number of rotatable bonds is 1. The summed E-state index contributed by atoms with van der Waals surface area (Å²) in [7, 11) is 1.48. The molecule has 0 saturated carbocycles. The van der Waals surface area contributed by atoms with Gasteiger partial charge in [-0.25, -0.2) is 9.37 Å². The van der Waals surface area contributed by atoms with Crippen LogP contribution in [0.3, 0.4) is 0 Å². The van der Waals surface area contributed by atoms with Crippen molar-refractivity contribution in [3.8, 4) is 11.5 Å². The molecule has 0 saturated heterocycles. The molecule has 0 bridgehead atoms. The van der Waals surface area contributed by atoms with E-state index in [4.69, 9.17) is 4.74 Å². The first-order valence-corrected chi connectivity index (χ1v) is 4.03. The van der Waals surface area contributed by atoms with Crippen LogP contribution < -0.4 is 4.74 Å². The van der Waals surface area contributed by atoms with Gasteiger partial charge in [-0.05, 0) is 18.2 Å². The molecule has 14 heavy (non-hydrogen) atoms. The highest BCUT2D eigenvalue weighted by Gasteiger charge is 2.07. The Balaban J connectivity index is 2.85. The van der Waals surface area contributed by atoms with Crippen LogP contribution in [0.4, 0.5) is 4.39 Å². The second kappa shape index (κ2) is 3.14. The highest BCUT2D eigenvalue weighted by Crippen LogP contribution is 2.28. The molecule has 2 aromatic rings. The Morgan fingerprint density at radius 1 is 1.43 bits per heavy atom. The summed E-state index contributed by atoms with van der Waals surface area (Å²) in [5.74, 6) is 0.0481. The van der Waals surface area contributed by atoms with Crippen molar-refractivity contribution in [3.05, 3.63) is 30.2 Å². The molecule has 0 radical (unpaired) electrons. The second-order valence-electron chi connectivity index (χ2n) is 2.84. The van der Waals surface area contributed by atoms with Crippen molar-refractivity contribution in [2.24, 2.45) is 0 Å². The molecular formula is C10H8FNO2. The van der Waals surface area contributed by atoms with Crippen molar-refractivity contribution < 1.29 is 14.2 Å². The maximum absolute atomic E-state index is 13.2. The van der Waals surface area contributed by atoms with Crippen molar-refractivity contribution in [2.45, 2.75) is 0 Å². The lowest BCUT2D eigenvalue weighted by Gasteiger charge is -2.05. The Morgan fingerprint density at radius 3 is 2.93 bits per heavy atom. The van der Waals surface area contributed by atoms with Crippen molar-refractivity contribution in [2.75, 3.05) is 7.11 Å². The van der Waals surface area contributed by atoms with E-state index < -0.39 is 5.82 Å². The van der Waals surface area contributed by atoms with E-state index in [2.05, 4.69) is 4.98 Å². The Morgan fingerprint density at radius 2 is 2.21 bits per heavy atom. The summed E-state index contributed by atoms with van der Waals surface area (Å²) >= 11 is 0. The van der Waals surface area contributed by atoms with Gasteiger partial charge in [0.1, 0.15) is 22.8 Å². The first-order chi connectivity index (χ1) is 6.72. The number of hydrogen-bond donors (Lipinski definition) is 1. The molecule has 0 aliphatic rings. The van der Waals surface area contributed by atoms with Gasteiger partial charge >= 0.3 is 0 Å². The highest BCUT2D eigenvalue weighted by molar-refractivity contribution is 5.86. The van der Waals surface area contributed by atoms with Gasteiger partial charge in [0, 0.05) is 5.39 Å². The van der Waals surface area contributed by atoms with Crippen molar-refractivity contribution in [1.82, 2.24) is 4.98 Å². The van der Waals surface area contributed by atoms with Gasteiger partial charge in [0.05, 0.1) is 13.3 Å². The number of halogens is 1. The normalized spacial score (nSPS) is 10.4. The summed E-state index contributed by atoms with van der Waals surface area (Å²) in [4.78, 5) is 3.78. The number of benzene rings is 1. The van der Waals surface area contributed by atoms with E-state index in [9.17, 15) is 9.50 Å². The molecule has 1 heterocycles. The minimum atomic E-state index is -0.430. The summed E-state index contributed by atoms with van der Waals surface area (Å²) in [5, 5.41) is 9.67. The van der Waals surface area contributed by atoms with Crippen LogP contribution >= 0.6 is 0 Å². The predicted molar refractivity (Wildman–Crippen MR) is 49.9 cm³/mol. The van der Waals surface area contributed by atoms with E-state index in [1.165, 1.54) is 31.5 Å². The Kier molecular flexibility index (Phi) is 1.96. The molecule has 72 valence electrons. The number of fused-ring (bicyclic) bond motifs is 1. The number of nitrogens with zero attached hydrogens (tertiary/aromatic N) is 1. The molecule has 2 rings (SSSR count). The van der Waals surface area contributed by atoms with Crippen LogP contribution in [0.1, 0.15) is 0 Å². The molecular weight excluding hydrogens is 185 g/mol. The minimum Gasteiger partial charge on any atom is -0.506 e. The third-order valence-corrected chi connectivity index (χ3v) is 1.97. The number of aromatic hydroxyl groups is 1. The standard InChI is InChI=1S/C10H8FNO2/c1-14-9-3-2-8(11)10-7(9)4-6(13)5-12-10/h2-5,13H,1H3. The van der Waals surface area contributed by atoms with Gasteiger partial charge in [0.2, 0.25) is 0 Å². The number of hydrogen-bond acceptors (Lipinski definition) is 3. The van der Waals surface area contributed by atoms with E-state index >= 15 is 0 Å². The van der Waals surface area contributed by atoms with Crippen LogP contribution in [0.15, 0.2) is 24.4 Å². The van der Waals surface area contributed by atoms with Gasteiger partial charge in [-0.1, -0.05) is 0 Å². The zero-order valence-electron chi connectivity index (χ0n) is 7.49. The zero-order valence-corrected chi connectivity index (χ0v) is 7.49. The fourth-order valence-corrected chi connectivity index (χ4v) is 1.33. The van der Waals surface area contributed by atoms with Gasteiger partial charge in [-0.2, -0.15) is 0 Å². The largest absolute Gasteiger partial charge is 0.506 e. The quantitative estimate of drug-likeness (QED) is 0.754. The fourth-order valence-electron chi connectivity index (χ4n) is 1.33. The Bertz CT molecular complexity index is 485. The van der Waals surface area contributed by atoms with Gasteiger partial charge in [-0.3, -0.25) is 0 Å². The van der Waals surface area contributed by atoms with Gasteiger partial charge in [0.15, 0.2) is 0 Å². The zero-order chi connectivity index (χ0) is 10.1. The topological polar surface area (TPSA) is 42.4 Å². The molecule has 1 N–H and O–H groups in total. The molecule has 0 aliphatic carbocycles. The maximum Gasteiger partial charge on any atom is 0.149 e. The average Bonchev–Trinajstić information content (AvgIpc) is 2.18. The van der Waals surface area contributed by atoms with Crippen LogP contribution in [0.2, 0.25) is 0 Å². The number of ether oxygens (including phenoxy) is 1. The first-order valence-electron chi connectivity index (χ1n) is 4.03. The van der Waals surface area contributed by atoms with Crippen molar-refractivity contribution >= 4 is 10.9 Å². The summed E-state index contributed by atoms with van der Waals surface area (Å²) in [6, 6.07) is 4.20. The molecule has 0 unspecified atom stereocenters. The molecule has 0 fully saturated rings. The number of methoxy groups -OCH3 is 1. The number of aromatic nitrogens is 1. The lowest BCUT2D eigenvalue weighted by atomic mass is 10.2. The molecule has 0 aliphatic heterocycles. The van der Waals surface area contributed by atoms with Gasteiger partial charge in [-0.15, -0.1) is 0 Å². The Labute approximate surface area is 79.8 Å². The first kappa shape index (κ1) is 8.74. The summed E-state index contributed by atoms with van der Waals surface area (Å²) in [6.07, 6.45) is 1.20. The van der Waals surface area contributed by atoms with Gasteiger partial charge in [0.25, 0.3) is 0 Å². The second-order valence-corrected chi connectivity index (χ2v) is 2.84. The fraction of sp³-hybridized carbons (Fsp3) is 0.100. The maximum atomic E-state index is 13.2. The number of pyridine rings is 1. The Hall–Kier alpha value is -1.84. The van der Waals surface area contributed by atoms with Crippen LogP contribution in [-0.2, 0) is 0 Å². The third kappa shape index (κ3) is 1.25. The van der Waals surface area contributed by atoms with Crippen molar-refractivity contribution in [3.63, 3.8) is 0 Å². The van der Waals surface area contributed by atoms with E-state index in [-0.39, 0.29) is 11.3 Å². The van der Waals surface area contributed by atoms with Crippen LogP contribution in [0.5, 0.6) is 11.5 Å². The molecule has 1 aromatic heterocycles. The summed E-state index contributed by atoms with van der Waals surface area (Å²) < 4.78 is 18.3. The highest BCUT2D eigenvalue weighted by atomic mass is 19.1. The van der Waals surface area contributed by atoms with Crippen LogP contribution in [-0.4, -0.2) is 17.2 Å². The molecule has 0 amide bonds. The summed E-state index contributed by atoms with van der Waals surface area (Å²) in [6.45, 7) is 0. The van der Waals surface area contributed by atoms with Crippen LogP contribution in [0.25, 0.3) is 10.9 Å². The molecule has 0 spiro atoms. The van der Waals surface area contributed by atoms with E-state index in [0.29, 0.717) is 11.1 Å². The lowest BCUT2D eigenvalue weighted by Crippen LogP contribution is -1.89. The molecule has 0 atom stereocenters. The van der Waals surface area contributed by atoms with Gasteiger partial charge < -0.3 is 9.84 Å². The summed E-state index contributed by atoms with van der Waals surface area (Å²) in [5.41, 5.74) is 0.196. The van der Waals surface area contributed by atoms with E-state index in [0.717, 1.165) is 0 Å². The van der Waals surface area contributed by atoms with Crippen LogP contribution in [0, 0.1) is 5.82 Å². The molecule has 4 heteroatoms. The smallest absolute Gasteiger partial charge is 0.149 e. The molecule has 1 aromatic carbocycles.